The number of hydrogen-bond acceptors (Lipinski definition) is 5. The molecule has 0 bridgehead atoms. The van der Waals surface area contributed by atoms with Gasteiger partial charge in [0.25, 0.3) is 0 Å². The maximum Gasteiger partial charge on any atom is 0.306 e. The highest BCUT2D eigenvalue weighted by Gasteiger charge is 2.37. The van der Waals surface area contributed by atoms with E-state index in [1.165, 1.54) is 25.3 Å². The normalized spacial score (nSPS) is 17.4. The molecule has 0 aliphatic heterocycles. The quantitative estimate of drug-likeness (QED) is 0.345. The number of methoxy groups -OCH3 is 1. The number of carboxylic acids is 1. The zero-order chi connectivity index (χ0) is 26.7. The maximum atomic E-state index is 15.0. The van der Waals surface area contributed by atoms with Crippen molar-refractivity contribution < 1.29 is 33.3 Å². The lowest BCUT2D eigenvalue weighted by Gasteiger charge is -2.30. The lowest BCUT2D eigenvalue weighted by atomic mass is 9.75. The molecule has 3 aromatic rings. The first-order valence-corrected chi connectivity index (χ1v) is 12.2. The van der Waals surface area contributed by atoms with E-state index in [1.807, 2.05) is 18.2 Å². The van der Waals surface area contributed by atoms with Crippen LogP contribution in [0.1, 0.15) is 68.2 Å². The van der Waals surface area contributed by atoms with E-state index in [0.29, 0.717) is 11.4 Å². The van der Waals surface area contributed by atoms with E-state index in [9.17, 15) is 18.7 Å². The van der Waals surface area contributed by atoms with Crippen molar-refractivity contribution in [1.29, 1.82) is 0 Å². The van der Waals surface area contributed by atoms with E-state index < -0.39 is 30.1 Å². The van der Waals surface area contributed by atoms with E-state index in [0.717, 1.165) is 42.1 Å². The largest absolute Gasteiger partial charge is 0.486 e. The molecule has 6 nitrogen and oxygen atoms in total. The summed E-state index contributed by atoms with van der Waals surface area (Å²) in [5.74, 6) is -2.05. The highest BCUT2D eigenvalue weighted by molar-refractivity contribution is 5.70. The summed E-state index contributed by atoms with van der Waals surface area (Å²) >= 11 is 0. The van der Waals surface area contributed by atoms with Crippen LogP contribution in [0.5, 0.6) is 11.6 Å². The number of aromatic nitrogens is 1. The van der Waals surface area contributed by atoms with Gasteiger partial charge in [-0.05, 0) is 46.9 Å². The van der Waals surface area contributed by atoms with Gasteiger partial charge in [0.15, 0.2) is 11.6 Å². The standard InChI is InChI=1S/C29H31F2NO5/c1-29(2)11-5-7-22(29)20-12-17(9-10-18(20)21-13-26(36-3)32-15-23(21)30)16-37-25-8-4-6-19(28(25)31)24(33)14-27(34)35/h4,6,8-10,12-13,15,22,24,33H,5,7,11,14,16H2,1-3H3,(H,34,35)/t22-,24+/m0/s1. The van der Waals surface area contributed by atoms with Crippen LogP contribution in [0.4, 0.5) is 8.78 Å². The van der Waals surface area contributed by atoms with Crippen molar-refractivity contribution in [3.8, 4) is 22.8 Å². The van der Waals surface area contributed by atoms with Crippen LogP contribution in [0.2, 0.25) is 0 Å². The predicted octanol–water partition coefficient (Wildman–Crippen LogP) is 6.42. The summed E-state index contributed by atoms with van der Waals surface area (Å²) in [6, 6.07) is 11.5. The van der Waals surface area contributed by atoms with Gasteiger partial charge in [0.05, 0.1) is 25.8 Å². The molecule has 0 saturated heterocycles. The number of benzene rings is 2. The minimum absolute atomic E-state index is 0.0164. The van der Waals surface area contributed by atoms with E-state index in [1.54, 1.807) is 6.07 Å². The zero-order valence-corrected chi connectivity index (χ0v) is 21.1. The van der Waals surface area contributed by atoms with Gasteiger partial charge in [-0.3, -0.25) is 4.79 Å². The number of pyridine rings is 1. The van der Waals surface area contributed by atoms with Gasteiger partial charge in [0.1, 0.15) is 12.4 Å². The van der Waals surface area contributed by atoms with Gasteiger partial charge in [0, 0.05) is 17.2 Å². The molecule has 0 amide bonds. The van der Waals surface area contributed by atoms with Crippen molar-refractivity contribution in [2.45, 2.75) is 58.2 Å². The fourth-order valence-corrected chi connectivity index (χ4v) is 5.21. The molecule has 8 heteroatoms. The molecule has 4 rings (SSSR count). The van der Waals surface area contributed by atoms with Crippen LogP contribution in [0, 0.1) is 17.0 Å². The summed E-state index contributed by atoms with van der Waals surface area (Å²) in [7, 11) is 1.49. The monoisotopic (exact) mass is 511 g/mol. The van der Waals surface area contributed by atoms with Gasteiger partial charge < -0.3 is 19.7 Å². The summed E-state index contributed by atoms with van der Waals surface area (Å²) in [6.45, 7) is 4.47. The number of rotatable bonds is 9. The average Bonchev–Trinajstić information content (AvgIpc) is 3.22. The number of ether oxygens (including phenoxy) is 2. The minimum atomic E-state index is -1.48. The van der Waals surface area contributed by atoms with E-state index in [-0.39, 0.29) is 29.3 Å². The van der Waals surface area contributed by atoms with Crippen LogP contribution >= 0.6 is 0 Å². The highest BCUT2D eigenvalue weighted by Crippen LogP contribution is 2.51. The Morgan fingerprint density at radius 1 is 1.19 bits per heavy atom. The van der Waals surface area contributed by atoms with Crippen molar-refractivity contribution >= 4 is 5.97 Å². The fourth-order valence-electron chi connectivity index (χ4n) is 5.21. The van der Waals surface area contributed by atoms with Crippen LogP contribution in [-0.4, -0.2) is 28.3 Å². The van der Waals surface area contributed by atoms with Crippen molar-refractivity contribution in [2.24, 2.45) is 5.41 Å². The number of halogens is 2. The van der Waals surface area contributed by atoms with Gasteiger partial charge in [-0.15, -0.1) is 0 Å². The van der Waals surface area contributed by atoms with Gasteiger partial charge >= 0.3 is 5.97 Å². The average molecular weight is 512 g/mol. The summed E-state index contributed by atoms with van der Waals surface area (Å²) < 4.78 is 40.9. The molecule has 0 spiro atoms. The first-order valence-electron chi connectivity index (χ1n) is 12.2. The first kappa shape index (κ1) is 26.5. The molecule has 2 atom stereocenters. The van der Waals surface area contributed by atoms with Gasteiger partial charge in [-0.25, -0.2) is 13.8 Å². The van der Waals surface area contributed by atoms with Crippen molar-refractivity contribution in [1.82, 2.24) is 4.98 Å². The number of aliphatic carboxylic acids is 1. The summed E-state index contributed by atoms with van der Waals surface area (Å²) in [5, 5.41) is 19.0. The molecular weight excluding hydrogens is 480 g/mol. The van der Waals surface area contributed by atoms with Gasteiger partial charge in [-0.1, -0.05) is 50.6 Å². The topological polar surface area (TPSA) is 88.9 Å². The van der Waals surface area contributed by atoms with Crippen LogP contribution < -0.4 is 9.47 Å². The van der Waals surface area contributed by atoms with Crippen LogP contribution in [0.3, 0.4) is 0 Å². The number of hydrogen-bond donors (Lipinski definition) is 2. The molecule has 2 aromatic carbocycles. The summed E-state index contributed by atoms with van der Waals surface area (Å²) in [5.41, 5.74) is 2.81. The highest BCUT2D eigenvalue weighted by atomic mass is 19.1. The van der Waals surface area contributed by atoms with Crippen molar-refractivity contribution in [2.75, 3.05) is 7.11 Å². The maximum absolute atomic E-state index is 15.0. The van der Waals surface area contributed by atoms with E-state index >= 15 is 0 Å². The van der Waals surface area contributed by atoms with E-state index in [2.05, 4.69) is 18.8 Å². The SMILES string of the molecule is COc1cc(-c2ccc(COc3cccc([C@H](O)CC(=O)O)c3F)cc2[C@@H]2CCCC2(C)C)c(F)cn1. The molecular formula is C29H31F2NO5. The Morgan fingerprint density at radius 2 is 1.97 bits per heavy atom. The molecule has 1 aromatic heterocycles. The summed E-state index contributed by atoms with van der Waals surface area (Å²) in [4.78, 5) is 14.9. The fraction of sp³-hybridized carbons (Fsp3) is 0.379. The molecule has 1 fully saturated rings. The second kappa shape index (κ2) is 10.8. The molecule has 1 aliphatic carbocycles. The number of aliphatic hydroxyl groups excluding tert-OH is 1. The number of aliphatic hydroxyl groups is 1. The molecule has 1 aliphatic rings. The molecule has 2 N–H and O–H groups in total. The van der Waals surface area contributed by atoms with Crippen molar-refractivity contribution in [3.63, 3.8) is 0 Å². The third-order valence-electron chi connectivity index (χ3n) is 7.19. The molecule has 196 valence electrons. The summed E-state index contributed by atoms with van der Waals surface area (Å²) in [6.07, 6.45) is 2.14. The second-order valence-electron chi connectivity index (χ2n) is 10.1. The third-order valence-corrected chi connectivity index (χ3v) is 7.19. The Balaban J connectivity index is 1.67. The Kier molecular flexibility index (Phi) is 7.78. The van der Waals surface area contributed by atoms with Crippen molar-refractivity contribution in [3.05, 3.63) is 77.0 Å². The zero-order valence-electron chi connectivity index (χ0n) is 21.1. The molecule has 1 heterocycles. The number of nitrogens with zero attached hydrogens (tertiary/aromatic N) is 1. The lowest BCUT2D eigenvalue weighted by Crippen LogP contribution is -2.17. The van der Waals surface area contributed by atoms with Gasteiger partial charge in [-0.2, -0.15) is 0 Å². The Labute approximate surface area is 214 Å². The molecule has 1 saturated carbocycles. The van der Waals surface area contributed by atoms with Crippen LogP contribution in [-0.2, 0) is 11.4 Å². The lowest BCUT2D eigenvalue weighted by molar-refractivity contribution is -0.139. The Hall–Kier alpha value is -3.52. The Morgan fingerprint density at radius 3 is 2.65 bits per heavy atom. The van der Waals surface area contributed by atoms with Crippen LogP contribution in [0.15, 0.2) is 48.7 Å². The van der Waals surface area contributed by atoms with Crippen LogP contribution in [0.25, 0.3) is 11.1 Å². The smallest absolute Gasteiger partial charge is 0.306 e. The van der Waals surface area contributed by atoms with E-state index in [4.69, 9.17) is 14.6 Å². The Bertz CT molecular complexity index is 1290. The third kappa shape index (κ3) is 5.74. The molecule has 37 heavy (non-hydrogen) atoms. The predicted molar refractivity (Wildman–Crippen MR) is 135 cm³/mol. The number of carboxylic acid groups (broad SMARTS) is 1. The molecule has 0 unspecified atom stereocenters. The van der Waals surface area contributed by atoms with Gasteiger partial charge in [0.2, 0.25) is 5.88 Å². The molecule has 0 radical (unpaired) electrons. The number of carbonyl (C=O) groups is 1. The first-order chi connectivity index (χ1) is 17.6. The second-order valence-corrected chi connectivity index (χ2v) is 10.1. The minimum Gasteiger partial charge on any atom is -0.486 e.